The van der Waals surface area contributed by atoms with Crippen LogP contribution < -0.4 is 0 Å². The Morgan fingerprint density at radius 3 is 1.23 bits per heavy atom. The molecular weight excluding hydrogens is 676 g/mol. The van der Waals surface area contributed by atoms with E-state index in [1.165, 1.54) is 0 Å². The maximum Gasteiger partial charge on any atom is 0.523 e. The Labute approximate surface area is 194 Å². The molecule has 0 N–H and O–H groups in total. The average molecular weight is 684 g/mol. The quantitative estimate of drug-likeness (QED) is 0.133. The lowest BCUT2D eigenvalue weighted by Gasteiger charge is -2.47. The van der Waals surface area contributed by atoms with Crippen LogP contribution in [0.2, 0.25) is 0 Å². The molecule has 212 valence electrons. The highest BCUT2D eigenvalue weighted by Crippen LogP contribution is 2.63. The van der Waals surface area contributed by atoms with E-state index in [2.05, 4.69) is 4.74 Å². The standard InChI is InChI=1S/C13H8F19IO2/c1-4(33)2-5(11(24,25)26,35-13(30,31)32)7(16,17)9(20,21)10(22,23)8(18,19)6(14,15)3-34-12(27,28)29/h4H,2-3H2,1H3. The molecule has 0 spiro atoms. The summed E-state index contributed by atoms with van der Waals surface area (Å²) in [6, 6.07) is 0. The van der Waals surface area contributed by atoms with Crippen molar-refractivity contribution < 1.29 is 92.9 Å². The van der Waals surface area contributed by atoms with Gasteiger partial charge in [0.15, 0.2) is 0 Å². The van der Waals surface area contributed by atoms with Gasteiger partial charge >= 0.3 is 48.5 Å². The fraction of sp³-hybridized carbons (Fsp3) is 1.00. The molecule has 0 fully saturated rings. The monoisotopic (exact) mass is 684 g/mol. The van der Waals surface area contributed by atoms with Gasteiger partial charge in [-0.1, -0.05) is 29.5 Å². The minimum absolute atomic E-state index is 0.324. The van der Waals surface area contributed by atoms with Crippen LogP contribution in [-0.2, 0) is 9.47 Å². The van der Waals surface area contributed by atoms with Crippen molar-refractivity contribution in [3.05, 3.63) is 0 Å². The Morgan fingerprint density at radius 2 is 0.943 bits per heavy atom. The first-order valence-electron chi connectivity index (χ1n) is 7.90. The predicted molar refractivity (Wildman–Crippen MR) is 80.8 cm³/mol. The molecule has 0 saturated carbocycles. The zero-order valence-corrected chi connectivity index (χ0v) is 18.0. The van der Waals surface area contributed by atoms with Gasteiger partial charge in [0.1, 0.15) is 6.61 Å². The summed E-state index contributed by atoms with van der Waals surface area (Å²) in [5.41, 5.74) is -6.78. The zero-order valence-electron chi connectivity index (χ0n) is 15.9. The maximum atomic E-state index is 14.3. The van der Waals surface area contributed by atoms with Gasteiger partial charge in [0.2, 0.25) is 5.60 Å². The second kappa shape index (κ2) is 9.57. The Hall–Kier alpha value is -0.680. The molecule has 0 radical (unpaired) electrons. The van der Waals surface area contributed by atoms with E-state index in [1.807, 2.05) is 4.74 Å². The fourth-order valence-electron chi connectivity index (χ4n) is 2.32. The van der Waals surface area contributed by atoms with Crippen LogP contribution in [0.4, 0.5) is 83.4 Å². The molecule has 0 rings (SSSR count). The average Bonchev–Trinajstić information content (AvgIpc) is 2.55. The highest BCUT2D eigenvalue weighted by atomic mass is 127. The van der Waals surface area contributed by atoms with E-state index >= 15 is 0 Å². The summed E-state index contributed by atoms with van der Waals surface area (Å²) in [6.07, 6.45) is -23.7. The van der Waals surface area contributed by atoms with Crippen molar-refractivity contribution in [2.45, 2.75) is 71.4 Å². The van der Waals surface area contributed by atoms with E-state index in [0.717, 1.165) is 0 Å². The van der Waals surface area contributed by atoms with Gasteiger partial charge in [-0.15, -0.1) is 26.3 Å². The van der Waals surface area contributed by atoms with Crippen molar-refractivity contribution in [2.24, 2.45) is 0 Å². The molecule has 0 saturated heterocycles. The Kier molecular flexibility index (Phi) is 9.38. The molecular formula is C13H8F19IO2. The van der Waals surface area contributed by atoms with Crippen molar-refractivity contribution in [2.75, 3.05) is 6.61 Å². The molecule has 22 heteroatoms. The van der Waals surface area contributed by atoms with E-state index in [1.54, 1.807) is 0 Å². The lowest BCUT2D eigenvalue weighted by Crippen LogP contribution is -2.76. The molecule has 0 aliphatic rings. The predicted octanol–water partition coefficient (Wildman–Crippen LogP) is 7.75. The summed E-state index contributed by atoms with van der Waals surface area (Å²) in [5, 5.41) is 0. The largest absolute Gasteiger partial charge is 0.523 e. The number of hydrogen-bond acceptors (Lipinski definition) is 2. The summed E-state index contributed by atoms with van der Waals surface area (Å²) in [6.45, 7) is -3.61. The molecule has 2 unspecified atom stereocenters. The van der Waals surface area contributed by atoms with Crippen LogP contribution in [0.1, 0.15) is 13.3 Å². The van der Waals surface area contributed by atoms with Gasteiger partial charge in [-0.05, 0) is 0 Å². The van der Waals surface area contributed by atoms with Crippen molar-refractivity contribution in [3.63, 3.8) is 0 Å². The first-order valence-corrected chi connectivity index (χ1v) is 9.15. The molecule has 2 atom stereocenters. The minimum atomic E-state index is -8.47. The minimum Gasteiger partial charge on any atom is -0.285 e. The van der Waals surface area contributed by atoms with E-state index in [9.17, 15) is 83.4 Å². The van der Waals surface area contributed by atoms with Gasteiger partial charge in [-0.2, -0.15) is 57.1 Å². The van der Waals surface area contributed by atoms with E-state index in [-0.39, 0.29) is 0 Å². The number of rotatable bonds is 10. The lowest BCUT2D eigenvalue weighted by molar-refractivity contribution is -0.491. The number of halogens is 20. The van der Waals surface area contributed by atoms with Crippen LogP contribution >= 0.6 is 22.6 Å². The van der Waals surface area contributed by atoms with Gasteiger partial charge in [0.25, 0.3) is 0 Å². The van der Waals surface area contributed by atoms with Crippen molar-refractivity contribution in [3.8, 4) is 0 Å². The molecule has 0 bridgehead atoms. The van der Waals surface area contributed by atoms with Crippen molar-refractivity contribution in [1.29, 1.82) is 0 Å². The summed E-state index contributed by atoms with van der Waals surface area (Å²) in [4.78, 5) is 0. The third-order valence-corrected chi connectivity index (χ3v) is 4.32. The first kappa shape index (κ1) is 34.3. The van der Waals surface area contributed by atoms with Crippen LogP contribution in [0.5, 0.6) is 0 Å². The summed E-state index contributed by atoms with van der Waals surface area (Å²) >= 11 is 0.591. The van der Waals surface area contributed by atoms with Crippen LogP contribution in [0.25, 0.3) is 0 Å². The lowest BCUT2D eigenvalue weighted by atomic mass is 9.81. The second-order valence-electron chi connectivity index (χ2n) is 6.59. The molecule has 0 aliphatic carbocycles. The van der Waals surface area contributed by atoms with Crippen LogP contribution in [0, 0.1) is 0 Å². The van der Waals surface area contributed by atoms with Crippen LogP contribution in [0.3, 0.4) is 0 Å². The number of ether oxygens (including phenoxy) is 2. The molecule has 0 aromatic rings. The Bertz CT molecular complexity index is 722. The normalized spacial score (nSPS) is 18.4. The third-order valence-electron chi connectivity index (χ3n) is 3.88. The van der Waals surface area contributed by atoms with E-state index in [4.69, 9.17) is 0 Å². The highest BCUT2D eigenvalue weighted by Gasteiger charge is 2.92. The molecule has 2 nitrogen and oxygen atoms in total. The van der Waals surface area contributed by atoms with Gasteiger partial charge in [0, 0.05) is 10.3 Å². The van der Waals surface area contributed by atoms with Crippen molar-refractivity contribution >= 4 is 22.6 Å². The first-order chi connectivity index (χ1) is 14.8. The summed E-state index contributed by atoms with van der Waals surface area (Å²) < 4.78 is 252. The third kappa shape index (κ3) is 6.43. The van der Waals surface area contributed by atoms with Crippen LogP contribution in [-0.4, -0.2) is 64.6 Å². The Morgan fingerprint density at radius 1 is 0.571 bits per heavy atom. The second-order valence-corrected chi connectivity index (χ2v) is 8.72. The zero-order chi connectivity index (χ0) is 28.9. The summed E-state index contributed by atoms with van der Waals surface area (Å²) in [7, 11) is 0. The molecule has 0 heterocycles. The molecule has 0 amide bonds. The van der Waals surface area contributed by atoms with E-state index in [0.29, 0.717) is 29.5 Å². The van der Waals surface area contributed by atoms with Crippen molar-refractivity contribution in [1.82, 2.24) is 0 Å². The van der Waals surface area contributed by atoms with Crippen LogP contribution in [0.15, 0.2) is 0 Å². The van der Waals surface area contributed by atoms with Gasteiger partial charge in [0.05, 0.1) is 0 Å². The summed E-state index contributed by atoms with van der Waals surface area (Å²) in [5.74, 6) is -40.2. The SMILES string of the molecule is CC(I)CC(OC(F)(F)F)(C(F)(F)F)C(F)(F)C(F)(F)C(F)(F)C(F)(F)C(F)(F)COC(F)(F)F. The number of alkyl halides is 20. The number of hydrogen-bond donors (Lipinski definition) is 0. The maximum absolute atomic E-state index is 14.3. The molecule has 35 heavy (non-hydrogen) atoms. The smallest absolute Gasteiger partial charge is 0.285 e. The topological polar surface area (TPSA) is 18.5 Å². The van der Waals surface area contributed by atoms with E-state index < -0.39 is 71.1 Å². The van der Waals surface area contributed by atoms with Gasteiger partial charge < -0.3 is 0 Å². The molecule has 0 aliphatic heterocycles. The molecule has 0 aromatic heterocycles. The fourth-order valence-corrected chi connectivity index (χ4v) is 2.94. The van der Waals surface area contributed by atoms with Gasteiger partial charge in [-0.3, -0.25) is 9.47 Å². The van der Waals surface area contributed by atoms with Gasteiger partial charge in [-0.25, -0.2) is 0 Å². The highest BCUT2D eigenvalue weighted by molar-refractivity contribution is 14.1. The molecule has 0 aromatic carbocycles. The Balaban J connectivity index is 7.08.